The van der Waals surface area contributed by atoms with Gasteiger partial charge < -0.3 is 14.2 Å². The average Bonchev–Trinajstić information content (AvgIpc) is 2.97. The van der Waals surface area contributed by atoms with Gasteiger partial charge in [-0.2, -0.15) is 15.1 Å². The molecule has 0 atom stereocenters. The Morgan fingerprint density at radius 2 is 1.90 bits per heavy atom. The summed E-state index contributed by atoms with van der Waals surface area (Å²) < 4.78 is 16.3. The van der Waals surface area contributed by atoms with Crippen LogP contribution in [-0.4, -0.2) is 46.5 Å². The van der Waals surface area contributed by atoms with Crippen LogP contribution in [0.3, 0.4) is 0 Å². The van der Waals surface area contributed by atoms with Crippen molar-refractivity contribution in [2.24, 2.45) is 0 Å². The molecule has 0 bridgehead atoms. The van der Waals surface area contributed by atoms with Crippen molar-refractivity contribution >= 4 is 5.97 Å². The Hall–Kier alpha value is -2.64. The summed E-state index contributed by atoms with van der Waals surface area (Å²) in [5.41, 5.74) is 0.317. The lowest BCUT2D eigenvalue weighted by Crippen LogP contribution is -2.05. The molecule has 106 valence electrons. The molecule has 0 fully saturated rings. The lowest BCUT2D eigenvalue weighted by Gasteiger charge is -2.05. The zero-order valence-electron chi connectivity index (χ0n) is 11.4. The fourth-order valence-corrected chi connectivity index (χ4v) is 1.46. The van der Waals surface area contributed by atoms with Gasteiger partial charge in [0.05, 0.1) is 38.7 Å². The third-order valence-corrected chi connectivity index (χ3v) is 2.38. The molecule has 2 aromatic rings. The first-order valence-corrected chi connectivity index (χ1v) is 5.87. The minimum absolute atomic E-state index is 0.233. The lowest BCUT2D eigenvalue weighted by atomic mass is 10.4. The maximum atomic E-state index is 11.6. The van der Waals surface area contributed by atoms with Crippen molar-refractivity contribution in [1.82, 2.24) is 19.7 Å². The Bertz CT molecular complexity index is 589. The monoisotopic (exact) mass is 278 g/mol. The maximum Gasteiger partial charge on any atom is 0.341 e. The molecule has 8 nitrogen and oxygen atoms in total. The molecule has 0 saturated carbocycles. The second-order valence-corrected chi connectivity index (χ2v) is 3.65. The zero-order valence-corrected chi connectivity index (χ0v) is 11.4. The maximum absolute atomic E-state index is 11.6. The van der Waals surface area contributed by atoms with Crippen LogP contribution in [0.1, 0.15) is 17.3 Å². The van der Waals surface area contributed by atoms with E-state index in [1.54, 1.807) is 13.0 Å². The average molecular weight is 278 g/mol. The summed E-state index contributed by atoms with van der Waals surface area (Å²) in [5.74, 6) is 0.449. The number of carbonyl (C=O) groups excluding carboxylic acids is 1. The van der Waals surface area contributed by atoms with Gasteiger partial charge in [-0.3, -0.25) is 0 Å². The largest absolute Gasteiger partial charge is 0.481 e. The highest BCUT2D eigenvalue weighted by Gasteiger charge is 2.13. The Labute approximate surface area is 115 Å². The predicted molar refractivity (Wildman–Crippen MR) is 68.2 cm³/mol. The van der Waals surface area contributed by atoms with Gasteiger partial charge in [-0.15, -0.1) is 0 Å². The number of ether oxygens (including phenoxy) is 3. The summed E-state index contributed by atoms with van der Waals surface area (Å²) in [6.07, 6.45) is 2.86. The molecule has 8 heteroatoms. The molecule has 0 N–H and O–H groups in total. The van der Waals surface area contributed by atoms with Crippen LogP contribution in [0, 0.1) is 0 Å². The number of esters is 1. The van der Waals surface area contributed by atoms with Crippen molar-refractivity contribution in [3.63, 3.8) is 0 Å². The van der Waals surface area contributed by atoms with Crippen molar-refractivity contribution in [1.29, 1.82) is 0 Å². The van der Waals surface area contributed by atoms with E-state index in [4.69, 9.17) is 14.2 Å². The molecular formula is C12H14N4O4. The second kappa shape index (κ2) is 6.00. The van der Waals surface area contributed by atoms with Gasteiger partial charge in [0.1, 0.15) is 0 Å². The van der Waals surface area contributed by atoms with E-state index in [1.807, 2.05) is 0 Å². The number of rotatable bonds is 5. The van der Waals surface area contributed by atoms with Gasteiger partial charge in [0.25, 0.3) is 5.95 Å². The van der Waals surface area contributed by atoms with Crippen LogP contribution in [0.15, 0.2) is 18.5 Å². The van der Waals surface area contributed by atoms with Gasteiger partial charge in [-0.1, -0.05) is 0 Å². The van der Waals surface area contributed by atoms with Gasteiger partial charge in [0, 0.05) is 6.20 Å². The van der Waals surface area contributed by atoms with E-state index in [0.717, 1.165) is 0 Å². The molecule has 2 rings (SSSR count). The Balaban J connectivity index is 2.34. The number of methoxy groups -OCH3 is 2. The molecule has 2 heterocycles. The van der Waals surface area contributed by atoms with Crippen molar-refractivity contribution in [3.8, 4) is 17.7 Å². The van der Waals surface area contributed by atoms with Gasteiger partial charge in [0.2, 0.25) is 11.8 Å². The van der Waals surface area contributed by atoms with Crippen molar-refractivity contribution < 1.29 is 19.0 Å². The van der Waals surface area contributed by atoms with Crippen molar-refractivity contribution in [2.45, 2.75) is 6.92 Å². The molecule has 0 unspecified atom stereocenters. The van der Waals surface area contributed by atoms with Gasteiger partial charge in [0.15, 0.2) is 0 Å². The quantitative estimate of drug-likeness (QED) is 0.749. The third kappa shape index (κ3) is 2.85. The van der Waals surface area contributed by atoms with Crippen molar-refractivity contribution in [2.75, 3.05) is 20.8 Å². The molecule has 0 saturated heterocycles. The number of nitrogens with zero attached hydrogens (tertiary/aromatic N) is 4. The van der Waals surface area contributed by atoms with Crippen LogP contribution in [0.4, 0.5) is 0 Å². The van der Waals surface area contributed by atoms with E-state index in [1.165, 1.54) is 31.3 Å². The Morgan fingerprint density at radius 3 is 2.45 bits per heavy atom. The van der Waals surface area contributed by atoms with Crippen LogP contribution in [0.2, 0.25) is 0 Å². The molecule has 0 aromatic carbocycles. The summed E-state index contributed by atoms with van der Waals surface area (Å²) in [7, 11) is 2.97. The molecular weight excluding hydrogens is 264 g/mol. The van der Waals surface area contributed by atoms with E-state index in [0.29, 0.717) is 23.9 Å². The van der Waals surface area contributed by atoms with E-state index in [9.17, 15) is 4.79 Å². The van der Waals surface area contributed by atoms with Crippen LogP contribution < -0.4 is 9.47 Å². The van der Waals surface area contributed by atoms with Gasteiger partial charge in [-0.05, 0) is 6.92 Å². The molecule has 2 aromatic heterocycles. The molecule has 0 spiro atoms. The first kappa shape index (κ1) is 13.8. The number of aromatic nitrogens is 4. The summed E-state index contributed by atoms with van der Waals surface area (Å²) in [6, 6.07) is 1.54. The van der Waals surface area contributed by atoms with E-state index < -0.39 is 5.97 Å². The topological polar surface area (TPSA) is 88.4 Å². The highest BCUT2D eigenvalue weighted by molar-refractivity contribution is 5.88. The standard InChI is InChI=1S/C12H14N4O4/c1-4-20-11(17)8-6-13-16(7-8)12-14-9(18-2)5-10(15-12)19-3/h5-7H,4H2,1-3H3. The highest BCUT2D eigenvalue weighted by Crippen LogP contribution is 2.17. The minimum Gasteiger partial charge on any atom is -0.481 e. The SMILES string of the molecule is CCOC(=O)c1cnn(-c2nc(OC)cc(OC)n2)c1. The Kier molecular flexibility index (Phi) is 4.14. The van der Waals surface area contributed by atoms with Gasteiger partial charge >= 0.3 is 5.97 Å². The molecule has 0 amide bonds. The summed E-state index contributed by atoms with van der Waals surface area (Å²) >= 11 is 0. The van der Waals surface area contributed by atoms with E-state index >= 15 is 0 Å². The smallest absolute Gasteiger partial charge is 0.341 e. The molecule has 0 aliphatic carbocycles. The predicted octanol–water partition coefficient (Wildman–Crippen LogP) is 0.856. The second-order valence-electron chi connectivity index (χ2n) is 3.65. The summed E-state index contributed by atoms with van der Waals surface area (Å²) in [6.45, 7) is 2.03. The van der Waals surface area contributed by atoms with Crippen LogP contribution in [0.25, 0.3) is 5.95 Å². The molecule has 0 aliphatic heterocycles. The normalized spacial score (nSPS) is 10.2. The first-order valence-electron chi connectivity index (χ1n) is 5.87. The fourth-order valence-electron chi connectivity index (χ4n) is 1.46. The van der Waals surface area contributed by atoms with Gasteiger partial charge in [-0.25, -0.2) is 9.48 Å². The summed E-state index contributed by atoms with van der Waals surface area (Å²) in [5, 5.41) is 4.02. The first-order chi connectivity index (χ1) is 9.67. The van der Waals surface area contributed by atoms with Crippen LogP contribution in [0.5, 0.6) is 11.8 Å². The zero-order chi connectivity index (χ0) is 14.5. The van der Waals surface area contributed by atoms with E-state index in [2.05, 4.69) is 15.1 Å². The van der Waals surface area contributed by atoms with E-state index in [-0.39, 0.29) is 5.95 Å². The molecule has 0 aliphatic rings. The number of hydrogen-bond donors (Lipinski definition) is 0. The number of hydrogen-bond acceptors (Lipinski definition) is 7. The van der Waals surface area contributed by atoms with Crippen LogP contribution in [-0.2, 0) is 4.74 Å². The lowest BCUT2D eigenvalue weighted by molar-refractivity contribution is 0.0526. The summed E-state index contributed by atoms with van der Waals surface area (Å²) in [4.78, 5) is 19.8. The molecule has 0 radical (unpaired) electrons. The highest BCUT2D eigenvalue weighted by atomic mass is 16.5. The fraction of sp³-hybridized carbons (Fsp3) is 0.333. The number of carbonyl (C=O) groups is 1. The molecule has 20 heavy (non-hydrogen) atoms. The minimum atomic E-state index is -0.450. The van der Waals surface area contributed by atoms with Crippen molar-refractivity contribution in [3.05, 3.63) is 24.0 Å². The van der Waals surface area contributed by atoms with Crippen LogP contribution >= 0.6 is 0 Å². The Morgan fingerprint density at radius 1 is 1.25 bits per heavy atom. The third-order valence-electron chi connectivity index (χ3n) is 2.38.